The summed E-state index contributed by atoms with van der Waals surface area (Å²) in [6.45, 7) is 0.448. The van der Waals surface area contributed by atoms with E-state index >= 15 is 0 Å². The molecule has 0 unspecified atom stereocenters. The number of rotatable bonds is 9. The summed E-state index contributed by atoms with van der Waals surface area (Å²) < 4.78 is 16.2. The Morgan fingerprint density at radius 3 is 2.32 bits per heavy atom. The molecule has 1 N–H and O–H groups in total. The topological polar surface area (TPSA) is 130 Å². The van der Waals surface area contributed by atoms with Crippen LogP contribution in [0.5, 0.6) is 17.4 Å². The molecule has 3 aromatic carbocycles. The number of carbonyl (C=O) groups is 2. The predicted molar refractivity (Wildman–Crippen MR) is 134 cm³/mol. The third-order valence-corrected chi connectivity index (χ3v) is 5.16. The number of nitro groups is 1. The van der Waals surface area contributed by atoms with E-state index in [-0.39, 0.29) is 28.4 Å². The van der Waals surface area contributed by atoms with Gasteiger partial charge in [-0.2, -0.15) is 0 Å². The summed E-state index contributed by atoms with van der Waals surface area (Å²) in [7, 11) is 1.17. The molecule has 1 aromatic heterocycles. The van der Waals surface area contributed by atoms with Crippen molar-refractivity contribution in [2.45, 2.75) is 6.61 Å². The third kappa shape index (κ3) is 6.45. The fraction of sp³-hybridized carbons (Fsp3) is 0.0741. The number of nitrogens with zero attached hydrogens (tertiary/aromatic N) is 2. The van der Waals surface area contributed by atoms with Gasteiger partial charge in [0.1, 0.15) is 18.1 Å². The van der Waals surface area contributed by atoms with E-state index in [1.165, 1.54) is 31.5 Å². The molecule has 0 aliphatic heterocycles. The first kappa shape index (κ1) is 24.9. The van der Waals surface area contributed by atoms with Gasteiger partial charge in [0, 0.05) is 24.4 Å². The lowest BCUT2D eigenvalue weighted by Gasteiger charge is -2.10. The maximum absolute atomic E-state index is 12.7. The first-order valence-electron chi connectivity index (χ1n) is 11.0. The standard InChI is InChI=1S/C27H21N3O7/c1-35-27(32)23-13-8-20(30(33)34)15-24(23)29-26(31)19-7-14-25(28-16-19)37-22-11-9-21(10-12-22)36-17-18-5-3-2-4-6-18/h2-16H,17H2,1H3,(H,29,31). The van der Waals surface area contributed by atoms with Crippen LogP contribution in [0.25, 0.3) is 0 Å². The lowest BCUT2D eigenvalue weighted by molar-refractivity contribution is -0.384. The van der Waals surface area contributed by atoms with Crippen LogP contribution in [0.3, 0.4) is 0 Å². The number of anilines is 1. The second kappa shape index (κ2) is 11.5. The van der Waals surface area contributed by atoms with Crippen LogP contribution in [0.2, 0.25) is 0 Å². The van der Waals surface area contributed by atoms with E-state index in [0.29, 0.717) is 18.1 Å². The number of hydrogen-bond acceptors (Lipinski definition) is 8. The van der Waals surface area contributed by atoms with E-state index < -0.39 is 16.8 Å². The Morgan fingerprint density at radius 2 is 1.68 bits per heavy atom. The van der Waals surface area contributed by atoms with Gasteiger partial charge < -0.3 is 19.5 Å². The number of nitro benzene ring substituents is 1. The SMILES string of the molecule is COC(=O)c1ccc([N+](=O)[O-])cc1NC(=O)c1ccc(Oc2ccc(OCc3ccccc3)cc2)nc1. The van der Waals surface area contributed by atoms with Crippen molar-refractivity contribution in [3.63, 3.8) is 0 Å². The fourth-order valence-electron chi connectivity index (χ4n) is 3.27. The van der Waals surface area contributed by atoms with Gasteiger partial charge in [0.25, 0.3) is 11.6 Å². The van der Waals surface area contributed by atoms with Crippen molar-refractivity contribution < 1.29 is 28.7 Å². The second-order valence-electron chi connectivity index (χ2n) is 7.67. The number of methoxy groups -OCH3 is 1. The number of nitrogens with one attached hydrogen (secondary N) is 1. The number of non-ortho nitro benzene ring substituents is 1. The fourth-order valence-corrected chi connectivity index (χ4v) is 3.27. The van der Waals surface area contributed by atoms with Gasteiger partial charge in [-0.1, -0.05) is 30.3 Å². The molecule has 10 heteroatoms. The molecule has 4 rings (SSSR count). The normalized spacial score (nSPS) is 10.3. The van der Waals surface area contributed by atoms with E-state index in [2.05, 4.69) is 15.0 Å². The Bertz CT molecular complexity index is 1410. The Labute approximate surface area is 211 Å². The van der Waals surface area contributed by atoms with Gasteiger partial charge in [-0.15, -0.1) is 0 Å². The van der Waals surface area contributed by atoms with Crippen LogP contribution in [0.15, 0.2) is 91.1 Å². The minimum absolute atomic E-state index is 0.0226. The minimum Gasteiger partial charge on any atom is -0.489 e. The Morgan fingerprint density at radius 1 is 0.946 bits per heavy atom. The molecule has 1 amide bonds. The van der Waals surface area contributed by atoms with Crippen LogP contribution >= 0.6 is 0 Å². The Balaban J connectivity index is 1.39. The first-order valence-corrected chi connectivity index (χ1v) is 11.0. The van der Waals surface area contributed by atoms with Crippen molar-refractivity contribution in [3.05, 3.63) is 118 Å². The van der Waals surface area contributed by atoms with E-state index in [0.717, 1.165) is 17.7 Å². The van der Waals surface area contributed by atoms with Crippen LogP contribution in [-0.4, -0.2) is 28.9 Å². The summed E-state index contributed by atoms with van der Waals surface area (Å²) in [4.78, 5) is 39.3. The zero-order valence-corrected chi connectivity index (χ0v) is 19.6. The molecule has 37 heavy (non-hydrogen) atoms. The van der Waals surface area contributed by atoms with Crippen LogP contribution in [0.1, 0.15) is 26.3 Å². The van der Waals surface area contributed by atoms with E-state index in [1.807, 2.05) is 30.3 Å². The highest BCUT2D eigenvalue weighted by Gasteiger charge is 2.19. The molecule has 1 heterocycles. The van der Waals surface area contributed by atoms with Crippen LogP contribution in [-0.2, 0) is 11.3 Å². The number of pyridine rings is 1. The lowest BCUT2D eigenvalue weighted by atomic mass is 10.1. The first-order chi connectivity index (χ1) is 17.9. The van der Waals surface area contributed by atoms with Crippen molar-refractivity contribution in [1.29, 1.82) is 0 Å². The number of benzene rings is 3. The number of esters is 1. The van der Waals surface area contributed by atoms with E-state index in [4.69, 9.17) is 9.47 Å². The van der Waals surface area contributed by atoms with Gasteiger partial charge in [-0.3, -0.25) is 14.9 Å². The summed E-state index contributed by atoms with van der Waals surface area (Å²) >= 11 is 0. The average Bonchev–Trinajstić information content (AvgIpc) is 2.93. The largest absolute Gasteiger partial charge is 0.489 e. The summed E-state index contributed by atoms with van der Waals surface area (Å²) in [5.41, 5.74) is 0.843. The van der Waals surface area contributed by atoms with Crippen molar-refractivity contribution in [2.24, 2.45) is 0 Å². The smallest absolute Gasteiger partial charge is 0.339 e. The molecule has 0 spiro atoms. The number of carbonyl (C=O) groups excluding carboxylic acids is 2. The zero-order valence-electron chi connectivity index (χ0n) is 19.6. The predicted octanol–water partition coefficient (Wildman–Crippen LogP) is 5.40. The van der Waals surface area contributed by atoms with Crippen LogP contribution in [0, 0.1) is 10.1 Å². The maximum Gasteiger partial charge on any atom is 0.339 e. The summed E-state index contributed by atoms with van der Waals surface area (Å²) in [5, 5.41) is 13.6. The maximum atomic E-state index is 12.7. The molecule has 0 saturated heterocycles. The highest BCUT2D eigenvalue weighted by molar-refractivity contribution is 6.08. The lowest BCUT2D eigenvalue weighted by Crippen LogP contribution is -2.16. The van der Waals surface area contributed by atoms with Crippen molar-refractivity contribution in [2.75, 3.05) is 12.4 Å². The molecular weight excluding hydrogens is 478 g/mol. The number of aromatic nitrogens is 1. The molecule has 0 fully saturated rings. The number of amides is 1. The zero-order chi connectivity index (χ0) is 26.2. The summed E-state index contributed by atoms with van der Waals surface area (Å²) in [6, 6.07) is 23.3. The molecule has 10 nitrogen and oxygen atoms in total. The van der Waals surface area contributed by atoms with Gasteiger partial charge in [-0.25, -0.2) is 9.78 Å². The number of ether oxygens (including phenoxy) is 3. The van der Waals surface area contributed by atoms with E-state index in [9.17, 15) is 19.7 Å². The highest BCUT2D eigenvalue weighted by Crippen LogP contribution is 2.25. The van der Waals surface area contributed by atoms with Gasteiger partial charge in [0.15, 0.2) is 0 Å². The summed E-state index contributed by atoms with van der Waals surface area (Å²) in [5.74, 6) is 0.0907. The molecule has 186 valence electrons. The van der Waals surface area contributed by atoms with Crippen molar-refractivity contribution in [3.8, 4) is 17.4 Å². The molecule has 0 aliphatic carbocycles. The molecule has 4 aromatic rings. The minimum atomic E-state index is -0.747. The average molecular weight is 499 g/mol. The molecule has 0 bridgehead atoms. The van der Waals surface area contributed by atoms with Gasteiger partial charge in [0.05, 0.1) is 28.8 Å². The van der Waals surface area contributed by atoms with Crippen molar-refractivity contribution in [1.82, 2.24) is 4.98 Å². The molecule has 0 saturated carbocycles. The van der Waals surface area contributed by atoms with Crippen LogP contribution < -0.4 is 14.8 Å². The quantitative estimate of drug-likeness (QED) is 0.184. The second-order valence-corrected chi connectivity index (χ2v) is 7.67. The third-order valence-electron chi connectivity index (χ3n) is 5.16. The van der Waals surface area contributed by atoms with Gasteiger partial charge in [-0.05, 0) is 42.0 Å². The van der Waals surface area contributed by atoms with E-state index in [1.54, 1.807) is 24.3 Å². The monoisotopic (exact) mass is 499 g/mol. The molecule has 0 radical (unpaired) electrons. The Kier molecular flexibility index (Phi) is 7.69. The Hall–Kier alpha value is -5.25. The summed E-state index contributed by atoms with van der Waals surface area (Å²) in [6.07, 6.45) is 1.29. The molecule has 0 atom stereocenters. The van der Waals surface area contributed by atoms with Crippen LogP contribution in [0.4, 0.5) is 11.4 Å². The van der Waals surface area contributed by atoms with Gasteiger partial charge in [0.2, 0.25) is 5.88 Å². The number of hydrogen-bond donors (Lipinski definition) is 1. The highest BCUT2D eigenvalue weighted by atomic mass is 16.6. The van der Waals surface area contributed by atoms with Gasteiger partial charge >= 0.3 is 5.97 Å². The molecule has 0 aliphatic rings. The molecular formula is C27H21N3O7. The van der Waals surface area contributed by atoms with Crippen molar-refractivity contribution >= 4 is 23.3 Å².